The number of para-hydroxylation sites is 1. The summed E-state index contributed by atoms with van der Waals surface area (Å²) >= 11 is 0. The van der Waals surface area contributed by atoms with Gasteiger partial charge in [-0.3, -0.25) is 4.31 Å². The highest BCUT2D eigenvalue weighted by atomic mass is 32.2. The summed E-state index contributed by atoms with van der Waals surface area (Å²) < 4.78 is 26.6. The van der Waals surface area contributed by atoms with Crippen molar-refractivity contribution in [2.75, 3.05) is 11.4 Å². The quantitative estimate of drug-likeness (QED) is 0.939. The van der Waals surface area contributed by atoms with Crippen LogP contribution in [0.1, 0.15) is 11.1 Å². The van der Waals surface area contributed by atoms with Crippen LogP contribution in [0.3, 0.4) is 0 Å². The number of nitrogens with zero attached hydrogens (tertiary/aromatic N) is 1. The second kappa shape index (κ2) is 5.64. The van der Waals surface area contributed by atoms with Crippen LogP contribution in [-0.2, 0) is 16.6 Å². The zero-order valence-electron chi connectivity index (χ0n) is 11.6. The fourth-order valence-electron chi connectivity index (χ4n) is 2.05. The molecule has 2 aromatic carbocycles. The predicted octanol–water partition coefficient (Wildman–Crippen LogP) is 2.28. The number of nitrogens with two attached hydrogens (primary N) is 1. The van der Waals surface area contributed by atoms with E-state index in [2.05, 4.69) is 0 Å². The third kappa shape index (κ3) is 2.69. The van der Waals surface area contributed by atoms with E-state index in [1.807, 2.05) is 25.1 Å². The molecule has 20 heavy (non-hydrogen) atoms. The molecular weight excluding hydrogens is 272 g/mol. The number of hydrogen-bond donors (Lipinski definition) is 1. The number of aryl methyl sites for hydroxylation is 1. The molecule has 2 N–H and O–H groups in total. The molecule has 0 aliphatic rings. The third-order valence-corrected chi connectivity index (χ3v) is 4.97. The normalized spacial score (nSPS) is 11.3. The molecule has 0 fully saturated rings. The minimum atomic E-state index is -3.57. The van der Waals surface area contributed by atoms with Crippen molar-refractivity contribution in [3.05, 3.63) is 59.7 Å². The highest BCUT2D eigenvalue weighted by Crippen LogP contribution is 2.25. The molecule has 0 saturated heterocycles. The number of anilines is 1. The van der Waals surface area contributed by atoms with Gasteiger partial charge in [-0.2, -0.15) is 0 Å². The van der Waals surface area contributed by atoms with Gasteiger partial charge >= 0.3 is 0 Å². The lowest BCUT2D eigenvalue weighted by Gasteiger charge is -2.22. The SMILES string of the molecule is Cc1cccc(S(=O)(=O)N(C)c2ccccc2CN)c1. The molecule has 106 valence electrons. The molecule has 2 aromatic rings. The van der Waals surface area contributed by atoms with E-state index >= 15 is 0 Å². The lowest BCUT2D eigenvalue weighted by Crippen LogP contribution is -2.27. The molecule has 0 amide bonds. The first kappa shape index (κ1) is 14.6. The molecular formula is C15H18N2O2S. The van der Waals surface area contributed by atoms with Crippen LogP contribution >= 0.6 is 0 Å². The third-order valence-electron chi connectivity index (χ3n) is 3.20. The molecule has 5 heteroatoms. The van der Waals surface area contributed by atoms with Gasteiger partial charge in [-0.25, -0.2) is 8.42 Å². The van der Waals surface area contributed by atoms with Crippen molar-refractivity contribution in [1.82, 2.24) is 0 Å². The predicted molar refractivity (Wildman–Crippen MR) is 81.1 cm³/mol. The summed E-state index contributed by atoms with van der Waals surface area (Å²) in [4.78, 5) is 0.284. The Labute approximate surface area is 119 Å². The molecule has 0 heterocycles. The van der Waals surface area contributed by atoms with Crippen molar-refractivity contribution in [2.24, 2.45) is 5.73 Å². The Morgan fingerprint density at radius 3 is 2.45 bits per heavy atom. The Hall–Kier alpha value is -1.85. The second-order valence-corrected chi connectivity index (χ2v) is 6.59. The molecule has 0 aliphatic carbocycles. The van der Waals surface area contributed by atoms with E-state index in [0.717, 1.165) is 11.1 Å². The topological polar surface area (TPSA) is 63.4 Å². The first-order valence-corrected chi connectivity index (χ1v) is 7.74. The maximum Gasteiger partial charge on any atom is 0.264 e. The lowest BCUT2D eigenvalue weighted by molar-refractivity contribution is 0.594. The highest BCUT2D eigenvalue weighted by Gasteiger charge is 2.22. The van der Waals surface area contributed by atoms with Crippen LogP contribution in [0.2, 0.25) is 0 Å². The van der Waals surface area contributed by atoms with Crippen molar-refractivity contribution in [1.29, 1.82) is 0 Å². The average Bonchev–Trinajstić information content (AvgIpc) is 2.46. The molecule has 0 unspecified atom stereocenters. The van der Waals surface area contributed by atoms with Gasteiger partial charge in [0.15, 0.2) is 0 Å². The van der Waals surface area contributed by atoms with Gasteiger partial charge in [-0.15, -0.1) is 0 Å². The Morgan fingerprint density at radius 1 is 1.10 bits per heavy atom. The molecule has 0 radical (unpaired) electrons. The van der Waals surface area contributed by atoms with Crippen LogP contribution in [0.25, 0.3) is 0 Å². The fraction of sp³-hybridized carbons (Fsp3) is 0.200. The lowest BCUT2D eigenvalue weighted by atomic mass is 10.2. The summed E-state index contributed by atoms with van der Waals surface area (Å²) in [5.74, 6) is 0. The summed E-state index contributed by atoms with van der Waals surface area (Å²) in [6.07, 6.45) is 0. The molecule has 0 atom stereocenters. The second-order valence-electron chi connectivity index (χ2n) is 4.62. The van der Waals surface area contributed by atoms with Gasteiger partial charge in [-0.05, 0) is 36.2 Å². The Kier molecular flexibility index (Phi) is 4.11. The Morgan fingerprint density at radius 2 is 1.80 bits per heavy atom. The van der Waals surface area contributed by atoms with Gasteiger partial charge in [0.2, 0.25) is 0 Å². The van der Waals surface area contributed by atoms with Crippen LogP contribution in [0, 0.1) is 6.92 Å². The molecule has 0 bridgehead atoms. The number of hydrogen-bond acceptors (Lipinski definition) is 3. The summed E-state index contributed by atoms with van der Waals surface area (Å²) in [5, 5.41) is 0. The van der Waals surface area contributed by atoms with Gasteiger partial charge in [0.05, 0.1) is 10.6 Å². The molecule has 0 aliphatic heterocycles. The van der Waals surface area contributed by atoms with E-state index in [0.29, 0.717) is 12.2 Å². The summed E-state index contributed by atoms with van der Waals surface area (Å²) in [7, 11) is -2.02. The van der Waals surface area contributed by atoms with E-state index in [4.69, 9.17) is 5.73 Å². The van der Waals surface area contributed by atoms with E-state index < -0.39 is 10.0 Å². The van der Waals surface area contributed by atoms with Gasteiger partial charge in [0, 0.05) is 13.6 Å². The van der Waals surface area contributed by atoms with Crippen molar-refractivity contribution >= 4 is 15.7 Å². The number of sulfonamides is 1. The summed E-state index contributed by atoms with van der Waals surface area (Å²) in [6.45, 7) is 2.16. The molecule has 2 rings (SSSR count). The van der Waals surface area contributed by atoms with E-state index in [-0.39, 0.29) is 4.90 Å². The monoisotopic (exact) mass is 290 g/mol. The van der Waals surface area contributed by atoms with Gasteiger partial charge in [0.1, 0.15) is 0 Å². The maximum atomic E-state index is 12.6. The standard InChI is InChI=1S/C15H18N2O2S/c1-12-6-5-8-14(10-12)20(18,19)17(2)15-9-4-3-7-13(15)11-16/h3-10H,11,16H2,1-2H3. The van der Waals surface area contributed by atoms with E-state index in [9.17, 15) is 8.42 Å². The van der Waals surface area contributed by atoms with Gasteiger partial charge in [0.25, 0.3) is 10.0 Å². The molecule has 0 aromatic heterocycles. The van der Waals surface area contributed by atoms with Crippen LogP contribution in [0.5, 0.6) is 0 Å². The maximum absolute atomic E-state index is 12.6. The molecule has 0 saturated carbocycles. The van der Waals surface area contributed by atoms with Crippen LogP contribution in [0.4, 0.5) is 5.69 Å². The number of rotatable bonds is 4. The minimum absolute atomic E-state index is 0.284. The highest BCUT2D eigenvalue weighted by molar-refractivity contribution is 7.92. The average molecular weight is 290 g/mol. The smallest absolute Gasteiger partial charge is 0.264 e. The fourth-order valence-corrected chi connectivity index (χ4v) is 3.39. The van der Waals surface area contributed by atoms with Crippen LogP contribution in [-0.4, -0.2) is 15.5 Å². The van der Waals surface area contributed by atoms with Crippen molar-refractivity contribution in [3.63, 3.8) is 0 Å². The van der Waals surface area contributed by atoms with Crippen LogP contribution < -0.4 is 10.0 Å². The first-order chi connectivity index (χ1) is 9.46. The summed E-state index contributed by atoms with van der Waals surface area (Å²) in [5.41, 5.74) is 7.99. The Bertz CT molecular complexity index is 711. The van der Waals surface area contributed by atoms with Gasteiger partial charge in [-0.1, -0.05) is 30.3 Å². The van der Waals surface area contributed by atoms with E-state index in [1.54, 1.807) is 37.4 Å². The minimum Gasteiger partial charge on any atom is -0.326 e. The zero-order chi connectivity index (χ0) is 14.8. The zero-order valence-corrected chi connectivity index (χ0v) is 12.4. The Balaban J connectivity index is 2.49. The first-order valence-electron chi connectivity index (χ1n) is 6.30. The van der Waals surface area contributed by atoms with Crippen molar-refractivity contribution in [3.8, 4) is 0 Å². The van der Waals surface area contributed by atoms with Crippen LogP contribution in [0.15, 0.2) is 53.4 Å². The number of benzene rings is 2. The summed E-state index contributed by atoms with van der Waals surface area (Å²) in [6, 6.07) is 14.1. The largest absolute Gasteiger partial charge is 0.326 e. The van der Waals surface area contributed by atoms with Crippen molar-refractivity contribution < 1.29 is 8.42 Å². The van der Waals surface area contributed by atoms with Gasteiger partial charge < -0.3 is 5.73 Å². The molecule has 0 spiro atoms. The van der Waals surface area contributed by atoms with Crippen molar-refractivity contribution in [2.45, 2.75) is 18.4 Å². The molecule has 4 nitrogen and oxygen atoms in total. The van der Waals surface area contributed by atoms with E-state index in [1.165, 1.54) is 4.31 Å².